The number of rotatable bonds is 10. The van der Waals surface area contributed by atoms with Gasteiger partial charge in [-0.3, -0.25) is 4.79 Å². The van der Waals surface area contributed by atoms with Crippen LogP contribution in [0.15, 0.2) is 0 Å². The minimum absolute atomic E-state index is 0.169. The van der Waals surface area contributed by atoms with E-state index in [9.17, 15) is 4.79 Å². The first kappa shape index (κ1) is 19.4. The van der Waals surface area contributed by atoms with E-state index in [-0.39, 0.29) is 5.97 Å². The molecular formula is C16H34N2O2. The standard InChI is InChI=1S/C16H34N2O2/c1-8-17-16(5,15(19)20-7)10-9-11-18(6)14(4)12-13(2)3/h13-14,17H,8-12H2,1-7H3. The summed E-state index contributed by atoms with van der Waals surface area (Å²) < 4.78 is 4.91. The summed E-state index contributed by atoms with van der Waals surface area (Å²) in [6.45, 7) is 12.5. The van der Waals surface area contributed by atoms with Crippen LogP contribution in [0.5, 0.6) is 0 Å². The van der Waals surface area contributed by atoms with E-state index in [1.165, 1.54) is 13.5 Å². The molecule has 2 atom stereocenters. The zero-order valence-electron chi connectivity index (χ0n) is 14.5. The van der Waals surface area contributed by atoms with Gasteiger partial charge in [0, 0.05) is 6.04 Å². The largest absolute Gasteiger partial charge is 0.468 e. The number of likely N-dealkylation sites (N-methyl/N-ethyl adjacent to an activating group) is 1. The number of ether oxygens (including phenoxy) is 1. The van der Waals surface area contributed by atoms with E-state index < -0.39 is 5.54 Å². The van der Waals surface area contributed by atoms with Gasteiger partial charge in [0.2, 0.25) is 0 Å². The minimum atomic E-state index is -0.564. The Kier molecular flexibility index (Phi) is 9.06. The van der Waals surface area contributed by atoms with Crippen molar-refractivity contribution >= 4 is 5.97 Å². The van der Waals surface area contributed by atoms with Crippen LogP contribution in [0.2, 0.25) is 0 Å². The molecular weight excluding hydrogens is 252 g/mol. The first-order valence-corrected chi connectivity index (χ1v) is 7.80. The lowest BCUT2D eigenvalue weighted by Gasteiger charge is -2.30. The van der Waals surface area contributed by atoms with Gasteiger partial charge < -0.3 is 15.0 Å². The van der Waals surface area contributed by atoms with Gasteiger partial charge in [-0.25, -0.2) is 0 Å². The molecule has 4 heteroatoms. The van der Waals surface area contributed by atoms with Gasteiger partial charge in [0.25, 0.3) is 0 Å². The van der Waals surface area contributed by atoms with Crippen molar-refractivity contribution in [3.05, 3.63) is 0 Å². The van der Waals surface area contributed by atoms with Crippen LogP contribution in [0.1, 0.15) is 53.9 Å². The van der Waals surface area contributed by atoms with Crippen molar-refractivity contribution < 1.29 is 9.53 Å². The maximum atomic E-state index is 11.9. The number of nitrogens with one attached hydrogen (secondary N) is 1. The number of carbonyl (C=O) groups is 1. The monoisotopic (exact) mass is 286 g/mol. The average molecular weight is 286 g/mol. The highest BCUT2D eigenvalue weighted by atomic mass is 16.5. The van der Waals surface area contributed by atoms with E-state index in [2.05, 4.69) is 38.0 Å². The smallest absolute Gasteiger partial charge is 0.325 e. The van der Waals surface area contributed by atoms with Gasteiger partial charge in [-0.2, -0.15) is 0 Å². The highest BCUT2D eigenvalue weighted by molar-refractivity contribution is 5.80. The summed E-state index contributed by atoms with van der Waals surface area (Å²) in [5.41, 5.74) is -0.564. The van der Waals surface area contributed by atoms with Crippen LogP contribution in [0, 0.1) is 5.92 Å². The summed E-state index contributed by atoms with van der Waals surface area (Å²) in [6, 6.07) is 0.582. The first-order valence-electron chi connectivity index (χ1n) is 7.80. The molecule has 20 heavy (non-hydrogen) atoms. The predicted molar refractivity (Wildman–Crippen MR) is 84.9 cm³/mol. The highest BCUT2D eigenvalue weighted by Gasteiger charge is 2.32. The van der Waals surface area contributed by atoms with Crippen molar-refractivity contribution in [3.63, 3.8) is 0 Å². The number of hydrogen-bond acceptors (Lipinski definition) is 4. The molecule has 0 aromatic heterocycles. The fraction of sp³-hybridized carbons (Fsp3) is 0.938. The van der Waals surface area contributed by atoms with E-state index in [4.69, 9.17) is 4.74 Å². The Morgan fingerprint density at radius 2 is 1.95 bits per heavy atom. The molecule has 4 nitrogen and oxygen atoms in total. The molecule has 1 N–H and O–H groups in total. The molecule has 0 aliphatic heterocycles. The summed E-state index contributed by atoms with van der Waals surface area (Å²) in [4.78, 5) is 14.3. The molecule has 0 fully saturated rings. The van der Waals surface area contributed by atoms with E-state index in [0.29, 0.717) is 6.04 Å². The van der Waals surface area contributed by atoms with Gasteiger partial charge in [-0.1, -0.05) is 20.8 Å². The van der Waals surface area contributed by atoms with Crippen molar-refractivity contribution in [1.82, 2.24) is 10.2 Å². The quantitative estimate of drug-likeness (QED) is 0.627. The Hall–Kier alpha value is -0.610. The summed E-state index contributed by atoms with van der Waals surface area (Å²) in [5, 5.41) is 3.25. The molecule has 0 saturated heterocycles. The minimum Gasteiger partial charge on any atom is -0.468 e. The third kappa shape index (κ3) is 6.71. The van der Waals surface area contributed by atoms with Crippen LogP contribution in [-0.2, 0) is 9.53 Å². The zero-order valence-corrected chi connectivity index (χ0v) is 14.5. The topological polar surface area (TPSA) is 41.6 Å². The second-order valence-corrected chi connectivity index (χ2v) is 6.42. The SMILES string of the molecule is CCNC(C)(CCCN(C)C(C)CC(C)C)C(=O)OC. The Morgan fingerprint density at radius 1 is 1.35 bits per heavy atom. The van der Waals surface area contributed by atoms with Gasteiger partial charge in [-0.05, 0) is 59.2 Å². The van der Waals surface area contributed by atoms with Crippen molar-refractivity contribution in [2.45, 2.75) is 65.5 Å². The molecule has 120 valence electrons. The maximum Gasteiger partial charge on any atom is 0.325 e. The number of esters is 1. The number of nitrogens with zero attached hydrogens (tertiary/aromatic N) is 1. The van der Waals surface area contributed by atoms with Gasteiger partial charge in [-0.15, -0.1) is 0 Å². The van der Waals surface area contributed by atoms with E-state index in [1.54, 1.807) is 0 Å². The van der Waals surface area contributed by atoms with Crippen LogP contribution in [0.3, 0.4) is 0 Å². The Morgan fingerprint density at radius 3 is 2.40 bits per heavy atom. The molecule has 2 unspecified atom stereocenters. The molecule has 0 heterocycles. The number of methoxy groups -OCH3 is 1. The Bertz CT molecular complexity index is 282. The predicted octanol–water partition coefficient (Wildman–Crippen LogP) is 2.67. The fourth-order valence-electron chi connectivity index (χ4n) is 2.64. The van der Waals surface area contributed by atoms with Crippen LogP contribution in [-0.4, -0.2) is 49.7 Å². The molecule has 0 amide bonds. The van der Waals surface area contributed by atoms with Crippen molar-refractivity contribution in [3.8, 4) is 0 Å². The van der Waals surface area contributed by atoms with Crippen molar-refractivity contribution in [1.29, 1.82) is 0 Å². The molecule has 0 radical (unpaired) electrons. The third-order valence-electron chi connectivity index (χ3n) is 3.96. The van der Waals surface area contributed by atoms with Crippen LogP contribution in [0.4, 0.5) is 0 Å². The van der Waals surface area contributed by atoms with Crippen LogP contribution < -0.4 is 5.32 Å². The highest BCUT2D eigenvalue weighted by Crippen LogP contribution is 2.16. The van der Waals surface area contributed by atoms with Gasteiger partial charge in [0.05, 0.1) is 7.11 Å². The second-order valence-electron chi connectivity index (χ2n) is 6.42. The molecule has 0 saturated carbocycles. The molecule has 0 rings (SSSR count). The maximum absolute atomic E-state index is 11.9. The van der Waals surface area contributed by atoms with Crippen LogP contribution >= 0.6 is 0 Å². The molecule has 0 aromatic rings. The van der Waals surface area contributed by atoms with E-state index in [1.807, 2.05) is 13.8 Å². The lowest BCUT2D eigenvalue weighted by atomic mass is 9.95. The lowest BCUT2D eigenvalue weighted by Crippen LogP contribution is -2.50. The van der Waals surface area contributed by atoms with Crippen LogP contribution in [0.25, 0.3) is 0 Å². The fourth-order valence-corrected chi connectivity index (χ4v) is 2.64. The summed E-state index contributed by atoms with van der Waals surface area (Å²) in [6.07, 6.45) is 2.99. The third-order valence-corrected chi connectivity index (χ3v) is 3.96. The van der Waals surface area contributed by atoms with Crippen molar-refractivity contribution in [2.75, 3.05) is 27.2 Å². The number of hydrogen-bond donors (Lipinski definition) is 1. The first-order chi connectivity index (χ1) is 9.26. The summed E-state index contributed by atoms with van der Waals surface area (Å²) in [7, 11) is 3.62. The molecule has 0 aromatic carbocycles. The van der Waals surface area contributed by atoms with Crippen molar-refractivity contribution in [2.24, 2.45) is 5.92 Å². The molecule has 0 aliphatic rings. The zero-order chi connectivity index (χ0) is 15.8. The summed E-state index contributed by atoms with van der Waals surface area (Å²) >= 11 is 0. The Balaban J connectivity index is 4.27. The molecule has 0 bridgehead atoms. The Labute approximate surface area is 125 Å². The van der Waals surface area contributed by atoms with Gasteiger partial charge in [0.1, 0.15) is 5.54 Å². The lowest BCUT2D eigenvalue weighted by molar-refractivity contribution is -0.148. The van der Waals surface area contributed by atoms with E-state index >= 15 is 0 Å². The average Bonchev–Trinajstić information content (AvgIpc) is 2.36. The molecule has 0 aliphatic carbocycles. The van der Waals surface area contributed by atoms with E-state index in [0.717, 1.165) is 31.8 Å². The van der Waals surface area contributed by atoms with Gasteiger partial charge >= 0.3 is 5.97 Å². The number of carbonyl (C=O) groups excluding carboxylic acids is 1. The van der Waals surface area contributed by atoms with Gasteiger partial charge in [0.15, 0.2) is 0 Å². The summed E-state index contributed by atoms with van der Waals surface area (Å²) in [5.74, 6) is 0.548. The molecule has 0 spiro atoms. The normalized spacial score (nSPS) is 16.2. The second kappa shape index (κ2) is 9.35.